The Labute approximate surface area is 158 Å². The summed E-state index contributed by atoms with van der Waals surface area (Å²) < 4.78 is 5.56. The normalized spacial score (nSPS) is 10.2. The van der Waals surface area contributed by atoms with Crippen molar-refractivity contribution in [1.29, 1.82) is 0 Å². The van der Waals surface area contributed by atoms with E-state index in [1.165, 1.54) is 24.3 Å². The van der Waals surface area contributed by atoms with Gasteiger partial charge in [0.25, 0.3) is 0 Å². The molecule has 2 aromatic carbocycles. The number of aromatic hydroxyl groups is 3. The molecular weight excluding hydrogens is 358 g/mol. The van der Waals surface area contributed by atoms with E-state index in [0.29, 0.717) is 18.9 Å². The van der Waals surface area contributed by atoms with Crippen LogP contribution in [-0.4, -0.2) is 34.3 Å². The van der Waals surface area contributed by atoms with Gasteiger partial charge in [-0.05, 0) is 43.7 Å². The lowest BCUT2D eigenvalue weighted by Crippen LogP contribution is -2.03. The monoisotopic (exact) mass is 381 g/mol. The SMILES string of the molecule is Cl.NCCCCCCOc1ccc(C(=O)c2ccc(O)cc2O)c(O)c1. The van der Waals surface area contributed by atoms with Crippen molar-refractivity contribution in [2.24, 2.45) is 5.73 Å². The van der Waals surface area contributed by atoms with Gasteiger partial charge in [-0.3, -0.25) is 4.79 Å². The van der Waals surface area contributed by atoms with Gasteiger partial charge in [0, 0.05) is 12.1 Å². The quantitative estimate of drug-likeness (QED) is 0.391. The van der Waals surface area contributed by atoms with Crippen molar-refractivity contribution >= 4 is 18.2 Å². The van der Waals surface area contributed by atoms with Gasteiger partial charge in [-0.1, -0.05) is 12.8 Å². The largest absolute Gasteiger partial charge is 0.508 e. The molecule has 0 heterocycles. The van der Waals surface area contributed by atoms with E-state index in [1.807, 2.05) is 0 Å². The minimum Gasteiger partial charge on any atom is -0.508 e. The number of phenolic OH excluding ortho intramolecular Hbond substituents is 3. The van der Waals surface area contributed by atoms with Crippen LogP contribution in [0.3, 0.4) is 0 Å². The van der Waals surface area contributed by atoms with Gasteiger partial charge < -0.3 is 25.8 Å². The first-order chi connectivity index (χ1) is 12.0. The number of unbranched alkanes of at least 4 members (excludes halogenated alkanes) is 3. The van der Waals surface area contributed by atoms with Gasteiger partial charge in [0.15, 0.2) is 5.78 Å². The minimum atomic E-state index is -0.539. The highest BCUT2D eigenvalue weighted by molar-refractivity contribution is 6.12. The second kappa shape index (κ2) is 10.5. The van der Waals surface area contributed by atoms with Crippen LogP contribution in [0.5, 0.6) is 23.0 Å². The van der Waals surface area contributed by atoms with Gasteiger partial charge in [0.1, 0.15) is 23.0 Å². The molecule has 0 saturated heterocycles. The fraction of sp³-hybridized carbons (Fsp3) is 0.316. The van der Waals surface area contributed by atoms with E-state index in [9.17, 15) is 20.1 Å². The van der Waals surface area contributed by atoms with Gasteiger partial charge in [-0.15, -0.1) is 12.4 Å². The third kappa shape index (κ3) is 5.82. The number of carbonyl (C=O) groups excluding carboxylic acids is 1. The summed E-state index contributed by atoms with van der Waals surface area (Å²) in [6.07, 6.45) is 3.99. The predicted molar refractivity (Wildman–Crippen MR) is 102 cm³/mol. The minimum absolute atomic E-state index is 0. The van der Waals surface area contributed by atoms with Gasteiger partial charge in [0.05, 0.1) is 17.7 Å². The number of hydrogen-bond donors (Lipinski definition) is 4. The molecule has 0 atom stereocenters. The molecule has 0 aliphatic rings. The lowest BCUT2D eigenvalue weighted by molar-refractivity contribution is 0.103. The van der Waals surface area contributed by atoms with Crippen LogP contribution >= 0.6 is 12.4 Å². The standard InChI is InChI=1S/C19H23NO5.ClH/c20-9-3-1-2-4-10-25-14-6-8-16(18(23)12-14)19(24)15-7-5-13(21)11-17(15)22;/h5-8,11-12,21-23H,1-4,9-10,20H2;1H. The summed E-state index contributed by atoms with van der Waals surface area (Å²) in [6.45, 7) is 1.22. The summed E-state index contributed by atoms with van der Waals surface area (Å²) in [7, 11) is 0. The number of ketones is 1. The number of carbonyl (C=O) groups is 1. The molecule has 0 saturated carbocycles. The molecule has 0 radical (unpaired) electrons. The lowest BCUT2D eigenvalue weighted by atomic mass is 10.0. The van der Waals surface area contributed by atoms with Gasteiger partial charge >= 0.3 is 0 Å². The molecule has 0 fully saturated rings. The Bertz CT molecular complexity index is 736. The average molecular weight is 382 g/mol. The molecule has 0 unspecified atom stereocenters. The zero-order chi connectivity index (χ0) is 18.2. The van der Waals surface area contributed by atoms with Crippen LogP contribution in [0.4, 0.5) is 0 Å². The molecular formula is C19H24ClNO5. The van der Waals surface area contributed by atoms with Crippen LogP contribution in [0.1, 0.15) is 41.6 Å². The second-order valence-electron chi connectivity index (χ2n) is 5.76. The van der Waals surface area contributed by atoms with Crippen molar-refractivity contribution in [2.75, 3.05) is 13.2 Å². The van der Waals surface area contributed by atoms with Crippen molar-refractivity contribution in [2.45, 2.75) is 25.7 Å². The Hall–Kier alpha value is -2.44. The molecule has 0 aliphatic heterocycles. The predicted octanol–water partition coefficient (Wildman–Crippen LogP) is 3.35. The Balaban J connectivity index is 0.00000338. The summed E-state index contributed by atoms with van der Waals surface area (Å²) >= 11 is 0. The van der Waals surface area contributed by atoms with Gasteiger partial charge in [0.2, 0.25) is 0 Å². The summed E-state index contributed by atoms with van der Waals surface area (Å²) in [5, 5.41) is 29.2. The highest BCUT2D eigenvalue weighted by Crippen LogP contribution is 2.30. The Morgan fingerprint density at radius 2 is 1.50 bits per heavy atom. The van der Waals surface area contributed by atoms with Crippen molar-refractivity contribution in [3.8, 4) is 23.0 Å². The summed E-state index contributed by atoms with van der Waals surface area (Å²) in [4.78, 5) is 12.4. The Kier molecular flexibility index (Phi) is 8.75. The van der Waals surface area contributed by atoms with Gasteiger partial charge in [-0.25, -0.2) is 0 Å². The number of phenols is 3. The maximum Gasteiger partial charge on any atom is 0.200 e. The van der Waals surface area contributed by atoms with E-state index in [4.69, 9.17) is 10.5 Å². The van der Waals surface area contributed by atoms with Crippen molar-refractivity contribution in [1.82, 2.24) is 0 Å². The highest BCUT2D eigenvalue weighted by atomic mass is 35.5. The second-order valence-corrected chi connectivity index (χ2v) is 5.76. The topological polar surface area (TPSA) is 113 Å². The van der Waals surface area contributed by atoms with Crippen LogP contribution in [0.2, 0.25) is 0 Å². The Morgan fingerprint density at radius 1 is 0.885 bits per heavy atom. The third-order valence-electron chi connectivity index (χ3n) is 3.81. The first kappa shape index (κ1) is 21.6. The van der Waals surface area contributed by atoms with Crippen LogP contribution in [0.25, 0.3) is 0 Å². The molecule has 6 nitrogen and oxygen atoms in total. The fourth-order valence-corrected chi connectivity index (χ4v) is 2.44. The van der Waals surface area contributed by atoms with E-state index >= 15 is 0 Å². The number of halogens is 1. The lowest BCUT2D eigenvalue weighted by Gasteiger charge is -2.10. The third-order valence-corrected chi connectivity index (χ3v) is 3.81. The first-order valence-electron chi connectivity index (χ1n) is 8.25. The van der Waals surface area contributed by atoms with E-state index < -0.39 is 5.78 Å². The maximum absolute atomic E-state index is 12.4. The van der Waals surface area contributed by atoms with E-state index in [1.54, 1.807) is 6.07 Å². The van der Waals surface area contributed by atoms with E-state index in [-0.39, 0.29) is 40.8 Å². The molecule has 2 aromatic rings. The van der Waals surface area contributed by atoms with Crippen LogP contribution < -0.4 is 10.5 Å². The molecule has 26 heavy (non-hydrogen) atoms. The molecule has 7 heteroatoms. The molecule has 0 spiro atoms. The maximum atomic E-state index is 12.4. The average Bonchev–Trinajstić information content (AvgIpc) is 2.57. The zero-order valence-corrected chi connectivity index (χ0v) is 15.2. The van der Waals surface area contributed by atoms with Crippen molar-refractivity contribution < 1.29 is 24.9 Å². The summed E-state index contributed by atoms with van der Waals surface area (Å²) in [5.41, 5.74) is 5.49. The molecule has 0 aliphatic carbocycles. The van der Waals surface area contributed by atoms with E-state index in [2.05, 4.69) is 0 Å². The van der Waals surface area contributed by atoms with Crippen LogP contribution in [-0.2, 0) is 0 Å². The molecule has 5 N–H and O–H groups in total. The number of hydrogen-bond acceptors (Lipinski definition) is 6. The molecule has 142 valence electrons. The van der Waals surface area contributed by atoms with Crippen molar-refractivity contribution in [3.63, 3.8) is 0 Å². The van der Waals surface area contributed by atoms with E-state index in [0.717, 1.165) is 31.7 Å². The Morgan fingerprint density at radius 3 is 2.12 bits per heavy atom. The summed E-state index contributed by atoms with van der Waals surface area (Å²) in [5.74, 6) is -0.778. The first-order valence-corrected chi connectivity index (χ1v) is 8.25. The van der Waals surface area contributed by atoms with Crippen LogP contribution in [0, 0.1) is 0 Å². The summed E-state index contributed by atoms with van der Waals surface area (Å²) in [6, 6.07) is 8.11. The smallest absolute Gasteiger partial charge is 0.200 e. The highest BCUT2D eigenvalue weighted by Gasteiger charge is 2.18. The molecule has 0 amide bonds. The molecule has 0 aromatic heterocycles. The van der Waals surface area contributed by atoms with Gasteiger partial charge in [-0.2, -0.15) is 0 Å². The van der Waals surface area contributed by atoms with Crippen LogP contribution in [0.15, 0.2) is 36.4 Å². The molecule has 0 bridgehead atoms. The zero-order valence-electron chi connectivity index (χ0n) is 14.4. The number of rotatable bonds is 9. The number of ether oxygens (including phenoxy) is 1. The van der Waals surface area contributed by atoms with Crippen molar-refractivity contribution in [3.05, 3.63) is 47.5 Å². The number of nitrogens with two attached hydrogens (primary N) is 1. The fourth-order valence-electron chi connectivity index (χ4n) is 2.44. The number of benzene rings is 2. The molecule has 2 rings (SSSR count).